The first-order valence-electron chi connectivity index (χ1n) is 6.05. The van der Waals surface area contributed by atoms with Gasteiger partial charge >= 0.3 is 0 Å². The number of hydrogen-bond donors (Lipinski definition) is 0. The summed E-state index contributed by atoms with van der Waals surface area (Å²) in [7, 11) is 0. The summed E-state index contributed by atoms with van der Waals surface area (Å²) in [5.41, 5.74) is 1.65. The Kier molecular flexibility index (Phi) is 3.19. The number of rotatable bonds is 2. The molecule has 0 unspecified atom stereocenters. The van der Waals surface area contributed by atoms with Crippen molar-refractivity contribution in [2.24, 2.45) is 0 Å². The van der Waals surface area contributed by atoms with Gasteiger partial charge in [-0.2, -0.15) is 0 Å². The summed E-state index contributed by atoms with van der Waals surface area (Å²) in [5.74, 6) is 0.680. The van der Waals surface area contributed by atoms with E-state index in [0.717, 1.165) is 12.8 Å². The molecule has 19 heavy (non-hydrogen) atoms. The van der Waals surface area contributed by atoms with Crippen LogP contribution in [0.1, 0.15) is 30.1 Å². The standard InChI is InChI=1S/C14H11Cl2FN2/c1-7-12(10-5-4-9(15)6-11(10)17)18-14(8-2-3-8)19-13(7)16/h4-6,8H,2-3H2,1H3. The molecule has 0 N–H and O–H groups in total. The summed E-state index contributed by atoms with van der Waals surface area (Å²) in [6, 6.07) is 4.55. The Morgan fingerprint density at radius 3 is 2.58 bits per heavy atom. The van der Waals surface area contributed by atoms with Gasteiger partial charge in [0.1, 0.15) is 16.8 Å². The zero-order valence-corrected chi connectivity index (χ0v) is 11.8. The van der Waals surface area contributed by atoms with Crippen molar-refractivity contribution < 1.29 is 4.39 Å². The van der Waals surface area contributed by atoms with E-state index in [0.29, 0.717) is 38.7 Å². The zero-order chi connectivity index (χ0) is 13.6. The molecule has 98 valence electrons. The number of benzene rings is 1. The third-order valence-electron chi connectivity index (χ3n) is 3.23. The summed E-state index contributed by atoms with van der Waals surface area (Å²) in [4.78, 5) is 8.75. The molecule has 2 aromatic rings. The predicted molar refractivity (Wildman–Crippen MR) is 74.2 cm³/mol. The molecular formula is C14H11Cl2FN2. The molecule has 1 aromatic carbocycles. The molecule has 0 saturated heterocycles. The topological polar surface area (TPSA) is 25.8 Å². The van der Waals surface area contributed by atoms with Crippen molar-refractivity contribution in [1.82, 2.24) is 9.97 Å². The maximum atomic E-state index is 14.0. The number of halogens is 3. The molecule has 0 aliphatic heterocycles. The van der Waals surface area contributed by atoms with Crippen molar-refractivity contribution >= 4 is 23.2 Å². The van der Waals surface area contributed by atoms with Gasteiger partial charge in [-0.05, 0) is 38.0 Å². The highest BCUT2D eigenvalue weighted by atomic mass is 35.5. The van der Waals surface area contributed by atoms with Crippen LogP contribution in [0.15, 0.2) is 18.2 Å². The Hall–Kier alpha value is -1.19. The van der Waals surface area contributed by atoms with Gasteiger partial charge in [0.05, 0.1) is 5.69 Å². The fourth-order valence-electron chi connectivity index (χ4n) is 1.97. The second-order valence-electron chi connectivity index (χ2n) is 4.74. The number of nitrogens with zero attached hydrogens (tertiary/aromatic N) is 2. The van der Waals surface area contributed by atoms with Crippen LogP contribution in [0.2, 0.25) is 10.2 Å². The van der Waals surface area contributed by atoms with Gasteiger partial charge < -0.3 is 0 Å². The Morgan fingerprint density at radius 1 is 1.21 bits per heavy atom. The van der Waals surface area contributed by atoms with Gasteiger partial charge in [-0.3, -0.25) is 0 Å². The molecule has 1 aromatic heterocycles. The Morgan fingerprint density at radius 2 is 1.95 bits per heavy atom. The lowest BCUT2D eigenvalue weighted by atomic mass is 10.1. The lowest BCUT2D eigenvalue weighted by Gasteiger charge is -2.10. The number of aromatic nitrogens is 2. The Bertz CT molecular complexity index is 654. The molecule has 0 amide bonds. The zero-order valence-electron chi connectivity index (χ0n) is 10.3. The van der Waals surface area contributed by atoms with Crippen LogP contribution in [0, 0.1) is 12.7 Å². The fraction of sp³-hybridized carbons (Fsp3) is 0.286. The molecule has 0 bridgehead atoms. The van der Waals surface area contributed by atoms with Crippen LogP contribution >= 0.6 is 23.2 Å². The van der Waals surface area contributed by atoms with Crippen molar-refractivity contribution in [3.05, 3.63) is 45.6 Å². The SMILES string of the molecule is Cc1c(Cl)nc(C2CC2)nc1-c1ccc(Cl)cc1F. The van der Waals surface area contributed by atoms with Gasteiger partial charge in [-0.15, -0.1) is 0 Å². The average molecular weight is 297 g/mol. The molecule has 5 heteroatoms. The van der Waals surface area contributed by atoms with Crippen LogP contribution in [-0.4, -0.2) is 9.97 Å². The van der Waals surface area contributed by atoms with E-state index in [-0.39, 0.29) is 0 Å². The minimum Gasteiger partial charge on any atom is -0.232 e. The number of hydrogen-bond acceptors (Lipinski definition) is 2. The van der Waals surface area contributed by atoms with E-state index in [4.69, 9.17) is 23.2 Å². The third kappa shape index (κ3) is 2.45. The highest BCUT2D eigenvalue weighted by Crippen LogP contribution is 2.40. The first-order chi connectivity index (χ1) is 9.06. The van der Waals surface area contributed by atoms with E-state index >= 15 is 0 Å². The Labute approximate surface area is 120 Å². The molecule has 0 atom stereocenters. The van der Waals surface area contributed by atoms with Crippen LogP contribution < -0.4 is 0 Å². The maximum Gasteiger partial charge on any atom is 0.136 e. The first-order valence-corrected chi connectivity index (χ1v) is 6.81. The van der Waals surface area contributed by atoms with Crippen LogP contribution in [0.5, 0.6) is 0 Å². The molecule has 2 nitrogen and oxygen atoms in total. The fourth-order valence-corrected chi connectivity index (χ4v) is 2.31. The van der Waals surface area contributed by atoms with Crippen molar-refractivity contribution in [3.8, 4) is 11.3 Å². The molecule has 1 aliphatic rings. The second kappa shape index (κ2) is 4.73. The van der Waals surface area contributed by atoms with E-state index < -0.39 is 5.82 Å². The van der Waals surface area contributed by atoms with Gasteiger partial charge in [0.25, 0.3) is 0 Å². The lowest BCUT2D eigenvalue weighted by molar-refractivity contribution is 0.630. The highest BCUT2D eigenvalue weighted by molar-refractivity contribution is 6.31. The van der Waals surface area contributed by atoms with Gasteiger partial charge in [0.2, 0.25) is 0 Å². The monoisotopic (exact) mass is 296 g/mol. The molecule has 0 spiro atoms. The minimum absolute atomic E-state index is 0.362. The van der Waals surface area contributed by atoms with Gasteiger partial charge in [0, 0.05) is 22.1 Å². The summed E-state index contributed by atoms with van der Waals surface area (Å²) < 4.78 is 14.0. The summed E-state index contributed by atoms with van der Waals surface area (Å²) in [6.45, 7) is 1.79. The molecule has 3 rings (SSSR count). The quantitative estimate of drug-likeness (QED) is 0.746. The first kappa shape index (κ1) is 12.8. The van der Waals surface area contributed by atoms with Crippen LogP contribution in [0.3, 0.4) is 0 Å². The van der Waals surface area contributed by atoms with Gasteiger partial charge in [0.15, 0.2) is 0 Å². The molecule has 0 radical (unpaired) electrons. The van der Waals surface area contributed by atoms with E-state index in [2.05, 4.69) is 9.97 Å². The predicted octanol–water partition coefficient (Wildman–Crippen LogP) is 4.78. The largest absolute Gasteiger partial charge is 0.232 e. The van der Waals surface area contributed by atoms with Crippen LogP contribution in [0.4, 0.5) is 4.39 Å². The lowest BCUT2D eigenvalue weighted by Crippen LogP contribution is -2.00. The molecule has 1 fully saturated rings. The second-order valence-corrected chi connectivity index (χ2v) is 5.54. The van der Waals surface area contributed by atoms with E-state index in [1.807, 2.05) is 0 Å². The maximum absolute atomic E-state index is 14.0. The van der Waals surface area contributed by atoms with Crippen LogP contribution in [-0.2, 0) is 0 Å². The molecular weight excluding hydrogens is 286 g/mol. The minimum atomic E-state index is -0.396. The highest BCUT2D eigenvalue weighted by Gasteiger charge is 2.28. The van der Waals surface area contributed by atoms with Crippen molar-refractivity contribution in [2.75, 3.05) is 0 Å². The molecule has 1 saturated carbocycles. The summed E-state index contributed by atoms with van der Waals surface area (Å²) >= 11 is 11.9. The van der Waals surface area contributed by atoms with Crippen molar-refractivity contribution in [1.29, 1.82) is 0 Å². The van der Waals surface area contributed by atoms with E-state index in [1.165, 1.54) is 6.07 Å². The van der Waals surface area contributed by atoms with Gasteiger partial charge in [-0.25, -0.2) is 14.4 Å². The van der Waals surface area contributed by atoms with E-state index in [9.17, 15) is 4.39 Å². The van der Waals surface area contributed by atoms with Crippen LogP contribution in [0.25, 0.3) is 11.3 Å². The normalized spacial score (nSPS) is 14.7. The third-order valence-corrected chi connectivity index (χ3v) is 3.84. The molecule has 1 aliphatic carbocycles. The summed E-state index contributed by atoms with van der Waals surface area (Å²) in [6.07, 6.45) is 2.14. The smallest absolute Gasteiger partial charge is 0.136 e. The van der Waals surface area contributed by atoms with Crippen molar-refractivity contribution in [3.63, 3.8) is 0 Å². The molecule has 1 heterocycles. The average Bonchev–Trinajstić information content (AvgIpc) is 3.17. The van der Waals surface area contributed by atoms with E-state index in [1.54, 1.807) is 19.1 Å². The van der Waals surface area contributed by atoms with Crippen molar-refractivity contribution in [2.45, 2.75) is 25.7 Å². The summed E-state index contributed by atoms with van der Waals surface area (Å²) in [5, 5.41) is 0.753. The van der Waals surface area contributed by atoms with Gasteiger partial charge in [-0.1, -0.05) is 23.2 Å². The Balaban J connectivity index is 2.17.